The Morgan fingerprint density at radius 2 is 2.14 bits per heavy atom. The van der Waals surface area contributed by atoms with Crippen molar-refractivity contribution < 1.29 is 0 Å². The van der Waals surface area contributed by atoms with Crippen molar-refractivity contribution in [3.63, 3.8) is 0 Å². The first-order chi connectivity index (χ1) is 10.4. The van der Waals surface area contributed by atoms with Gasteiger partial charge in [0.2, 0.25) is 0 Å². The van der Waals surface area contributed by atoms with Crippen molar-refractivity contribution in [3.05, 3.63) is 46.3 Å². The smallest absolute Gasteiger partial charge is 0.133 e. The summed E-state index contributed by atoms with van der Waals surface area (Å²) in [6, 6.07) is 8.70. The second-order valence-electron chi connectivity index (χ2n) is 6.17. The molecule has 0 saturated heterocycles. The third kappa shape index (κ3) is 3.11. The maximum Gasteiger partial charge on any atom is 0.133 e. The Hall–Kier alpha value is -1.39. The molecule has 1 fully saturated rings. The van der Waals surface area contributed by atoms with E-state index in [1.807, 2.05) is 17.5 Å². The molecule has 0 aromatic carbocycles. The fourth-order valence-electron chi connectivity index (χ4n) is 3.07. The van der Waals surface area contributed by atoms with E-state index in [1.54, 1.807) is 0 Å². The molecule has 0 atom stereocenters. The van der Waals surface area contributed by atoms with E-state index < -0.39 is 0 Å². The van der Waals surface area contributed by atoms with Crippen molar-refractivity contribution in [2.45, 2.75) is 25.9 Å². The minimum absolute atomic E-state index is 0.906. The summed E-state index contributed by atoms with van der Waals surface area (Å²) in [4.78, 5) is 11.2. The molecule has 0 spiro atoms. The minimum atomic E-state index is 0.906. The first kappa shape index (κ1) is 13.3. The van der Waals surface area contributed by atoms with Crippen LogP contribution < -0.4 is 4.90 Å². The molecule has 3 heterocycles. The molecular formula is C17H21N3S. The molecule has 110 valence electrons. The molecule has 2 aromatic heterocycles. The second kappa shape index (κ2) is 5.78. The van der Waals surface area contributed by atoms with Crippen molar-refractivity contribution in [1.29, 1.82) is 0 Å². The monoisotopic (exact) mass is 299 g/mol. The van der Waals surface area contributed by atoms with Crippen molar-refractivity contribution in [2.75, 3.05) is 24.5 Å². The molecule has 1 aliphatic carbocycles. The topological polar surface area (TPSA) is 19.4 Å². The van der Waals surface area contributed by atoms with Crippen LogP contribution in [0.25, 0.3) is 0 Å². The molecule has 1 aliphatic heterocycles. The molecule has 1 saturated carbocycles. The predicted molar refractivity (Wildman–Crippen MR) is 87.6 cm³/mol. The van der Waals surface area contributed by atoms with E-state index in [-0.39, 0.29) is 0 Å². The summed E-state index contributed by atoms with van der Waals surface area (Å²) in [5, 5.41) is 2.17. The summed E-state index contributed by atoms with van der Waals surface area (Å²) in [6.45, 7) is 5.50. The number of fused-ring (bicyclic) bond motifs is 1. The zero-order chi connectivity index (χ0) is 14.1. The summed E-state index contributed by atoms with van der Waals surface area (Å²) in [7, 11) is 0. The molecule has 0 N–H and O–H groups in total. The Kier molecular flexibility index (Phi) is 3.65. The van der Waals surface area contributed by atoms with E-state index >= 15 is 0 Å². The van der Waals surface area contributed by atoms with Crippen LogP contribution in [0.4, 0.5) is 5.82 Å². The molecule has 0 unspecified atom stereocenters. The van der Waals surface area contributed by atoms with Crippen LogP contribution in [-0.4, -0.2) is 29.5 Å². The van der Waals surface area contributed by atoms with Crippen molar-refractivity contribution in [3.8, 4) is 0 Å². The van der Waals surface area contributed by atoms with Gasteiger partial charge in [0.05, 0.1) is 0 Å². The lowest BCUT2D eigenvalue weighted by Gasteiger charge is -2.23. The van der Waals surface area contributed by atoms with Crippen LogP contribution >= 0.6 is 11.3 Å². The molecule has 21 heavy (non-hydrogen) atoms. The molecule has 2 aliphatic rings. The Morgan fingerprint density at radius 3 is 2.95 bits per heavy atom. The average molecular weight is 299 g/mol. The van der Waals surface area contributed by atoms with Crippen LogP contribution in [-0.2, 0) is 13.1 Å². The van der Waals surface area contributed by atoms with Gasteiger partial charge in [0.15, 0.2) is 0 Å². The predicted octanol–water partition coefficient (Wildman–Crippen LogP) is 3.38. The zero-order valence-corrected chi connectivity index (χ0v) is 13.1. The van der Waals surface area contributed by atoms with Crippen molar-refractivity contribution in [2.24, 2.45) is 5.92 Å². The first-order valence-electron chi connectivity index (χ1n) is 7.82. The van der Waals surface area contributed by atoms with Gasteiger partial charge in [0.25, 0.3) is 0 Å². The van der Waals surface area contributed by atoms with Crippen molar-refractivity contribution >= 4 is 17.2 Å². The molecule has 0 radical (unpaired) electrons. The van der Waals surface area contributed by atoms with Crippen molar-refractivity contribution in [1.82, 2.24) is 9.88 Å². The van der Waals surface area contributed by atoms with Gasteiger partial charge in [-0.1, -0.05) is 12.1 Å². The van der Waals surface area contributed by atoms with Gasteiger partial charge in [-0.25, -0.2) is 4.98 Å². The van der Waals surface area contributed by atoms with Gasteiger partial charge in [-0.15, -0.1) is 11.3 Å². The number of thiophene rings is 1. The maximum absolute atomic E-state index is 4.67. The number of hydrogen-bond donors (Lipinski definition) is 0. The normalized spacial score (nSPS) is 19.3. The number of hydrogen-bond acceptors (Lipinski definition) is 4. The second-order valence-corrected chi connectivity index (χ2v) is 7.20. The lowest BCUT2D eigenvalue weighted by atomic mass is 10.2. The lowest BCUT2D eigenvalue weighted by molar-refractivity contribution is 0.271. The van der Waals surface area contributed by atoms with E-state index in [2.05, 4.69) is 44.4 Å². The summed E-state index contributed by atoms with van der Waals surface area (Å²) < 4.78 is 0. The van der Waals surface area contributed by atoms with Gasteiger partial charge in [0, 0.05) is 49.4 Å². The fourth-order valence-corrected chi connectivity index (χ4v) is 3.82. The Bertz CT molecular complexity index is 592. The quantitative estimate of drug-likeness (QED) is 0.863. The van der Waals surface area contributed by atoms with Crippen LogP contribution in [0, 0.1) is 5.92 Å². The highest BCUT2D eigenvalue weighted by molar-refractivity contribution is 7.09. The number of pyridine rings is 1. The Balaban J connectivity index is 1.54. The minimum Gasteiger partial charge on any atom is -0.355 e. The summed E-state index contributed by atoms with van der Waals surface area (Å²) >= 11 is 1.86. The highest BCUT2D eigenvalue weighted by Gasteiger charge is 2.28. The van der Waals surface area contributed by atoms with Gasteiger partial charge in [-0.2, -0.15) is 0 Å². The summed E-state index contributed by atoms with van der Waals surface area (Å²) in [5.41, 5.74) is 1.38. The van der Waals surface area contributed by atoms with E-state index in [0.29, 0.717) is 0 Å². The fraction of sp³-hybridized carbons (Fsp3) is 0.471. The third-order valence-corrected chi connectivity index (χ3v) is 5.24. The van der Waals surface area contributed by atoms with Gasteiger partial charge in [-0.3, -0.25) is 4.90 Å². The van der Waals surface area contributed by atoms with Crippen LogP contribution in [0.3, 0.4) is 0 Å². The molecule has 3 nitrogen and oxygen atoms in total. The van der Waals surface area contributed by atoms with Crippen LogP contribution in [0.2, 0.25) is 0 Å². The van der Waals surface area contributed by atoms with Gasteiger partial charge < -0.3 is 4.90 Å². The molecular weight excluding hydrogens is 278 g/mol. The van der Waals surface area contributed by atoms with Gasteiger partial charge in [0.1, 0.15) is 5.82 Å². The van der Waals surface area contributed by atoms with E-state index in [1.165, 1.54) is 35.6 Å². The summed E-state index contributed by atoms with van der Waals surface area (Å²) in [6.07, 6.45) is 4.74. The Labute approximate surface area is 130 Å². The highest BCUT2D eigenvalue weighted by Crippen LogP contribution is 2.33. The lowest BCUT2D eigenvalue weighted by Crippen LogP contribution is -2.32. The van der Waals surface area contributed by atoms with Crippen LogP contribution in [0.5, 0.6) is 0 Å². The molecule has 4 heteroatoms. The summed E-state index contributed by atoms with van der Waals surface area (Å²) in [5.74, 6) is 2.13. The van der Waals surface area contributed by atoms with E-state index in [4.69, 9.17) is 0 Å². The number of rotatable bonds is 4. The molecule has 0 amide bonds. The number of aromatic nitrogens is 1. The highest BCUT2D eigenvalue weighted by atomic mass is 32.1. The molecule has 2 aromatic rings. The van der Waals surface area contributed by atoms with Crippen LogP contribution in [0.1, 0.15) is 23.3 Å². The SMILES string of the molecule is c1csc(CN2CCN(CC3CC3)c3ncccc3C2)c1. The Morgan fingerprint density at radius 1 is 1.19 bits per heavy atom. The third-order valence-electron chi connectivity index (χ3n) is 4.38. The molecule has 4 rings (SSSR count). The van der Waals surface area contributed by atoms with Gasteiger partial charge >= 0.3 is 0 Å². The maximum atomic E-state index is 4.67. The first-order valence-corrected chi connectivity index (χ1v) is 8.70. The van der Waals surface area contributed by atoms with E-state index in [0.717, 1.165) is 32.1 Å². The largest absolute Gasteiger partial charge is 0.355 e. The average Bonchev–Trinajstić information content (AvgIpc) is 3.21. The van der Waals surface area contributed by atoms with E-state index in [9.17, 15) is 0 Å². The standard InChI is InChI=1S/C17H21N3S/c1-3-15-12-19(13-16-4-2-10-21-16)8-9-20(11-14-5-6-14)17(15)18-7-1/h1-4,7,10,14H,5-6,8-9,11-13H2. The van der Waals surface area contributed by atoms with Gasteiger partial charge in [-0.05, 0) is 36.3 Å². The zero-order valence-electron chi connectivity index (χ0n) is 12.2. The van der Waals surface area contributed by atoms with Crippen LogP contribution in [0.15, 0.2) is 35.8 Å². The molecule has 0 bridgehead atoms. The number of nitrogens with zero attached hydrogens (tertiary/aromatic N) is 3. The number of anilines is 1.